The number of allylic oxidation sites excluding steroid dienone is 1. The predicted molar refractivity (Wildman–Crippen MR) is 66.1 cm³/mol. The molecule has 0 amide bonds. The summed E-state index contributed by atoms with van der Waals surface area (Å²) in [5.41, 5.74) is 0. The molecule has 0 aliphatic carbocycles. The summed E-state index contributed by atoms with van der Waals surface area (Å²) in [5, 5.41) is 11.4. The largest absolute Gasteiger partial charge is 0.317 e. The first-order chi connectivity index (χ1) is 7.88. The Morgan fingerprint density at radius 3 is 3.06 bits per heavy atom. The molecule has 4 heteroatoms. The van der Waals surface area contributed by atoms with Crippen molar-refractivity contribution in [2.75, 3.05) is 6.54 Å². The van der Waals surface area contributed by atoms with E-state index in [2.05, 4.69) is 33.6 Å². The molecule has 1 aromatic rings. The van der Waals surface area contributed by atoms with Gasteiger partial charge in [-0.15, -0.1) is 16.8 Å². The van der Waals surface area contributed by atoms with Gasteiger partial charge in [0.15, 0.2) is 0 Å². The van der Waals surface area contributed by atoms with Crippen LogP contribution in [0.15, 0.2) is 19.0 Å². The highest BCUT2D eigenvalue weighted by Crippen LogP contribution is 1.99. The average molecular weight is 222 g/mol. The van der Waals surface area contributed by atoms with Crippen molar-refractivity contribution in [1.82, 2.24) is 20.1 Å². The molecule has 0 saturated carbocycles. The molecule has 0 spiro atoms. The fraction of sp³-hybridized carbons (Fsp3) is 0.667. The molecule has 0 bridgehead atoms. The zero-order valence-electron chi connectivity index (χ0n) is 10.2. The normalized spacial score (nSPS) is 10.6. The Kier molecular flexibility index (Phi) is 6.49. The van der Waals surface area contributed by atoms with E-state index in [0.29, 0.717) is 0 Å². The Morgan fingerprint density at radius 1 is 1.44 bits per heavy atom. The van der Waals surface area contributed by atoms with Crippen LogP contribution >= 0.6 is 0 Å². The minimum atomic E-state index is 0.815. The van der Waals surface area contributed by atoms with E-state index < -0.39 is 0 Å². The van der Waals surface area contributed by atoms with Crippen molar-refractivity contribution in [2.24, 2.45) is 0 Å². The van der Waals surface area contributed by atoms with Crippen molar-refractivity contribution < 1.29 is 0 Å². The molecule has 0 fully saturated rings. The van der Waals surface area contributed by atoms with Gasteiger partial charge in [0.25, 0.3) is 0 Å². The average Bonchev–Trinajstić information content (AvgIpc) is 2.75. The van der Waals surface area contributed by atoms with Crippen molar-refractivity contribution in [3.05, 3.63) is 24.8 Å². The van der Waals surface area contributed by atoms with Crippen LogP contribution in [-0.4, -0.2) is 21.3 Å². The molecule has 0 radical (unpaired) electrons. The third-order valence-electron chi connectivity index (χ3n) is 2.58. The van der Waals surface area contributed by atoms with Crippen LogP contribution in [0.1, 0.15) is 38.4 Å². The summed E-state index contributed by atoms with van der Waals surface area (Å²) in [6.45, 7) is 8.61. The molecule has 1 rings (SSSR count). The molecule has 0 atom stereocenters. The van der Waals surface area contributed by atoms with Crippen molar-refractivity contribution in [3.8, 4) is 0 Å². The molecule has 0 aliphatic heterocycles. The van der Waals surface area contributed by atoms with E-state index in [1.54, 1.807) is 6.33 Å². The molecule has 4 nitrogen and oxygen atoms in total. The van der Waals surface area contributed by atoms with Crippen molar-refractivity contribution in [1.29, 1.82) is 0 Å². The molecular formula is C12H22N4. The highest BCUT2D eigenvalue weighted by atomic mass is 15.3. The topological polar surface area (TPSA) is 42.7 Å². The van der Waals surface area contributed by atoms with E-state index in [0.717, 1.165) is 31.9 Å². The van der Waals surface area contributed by atoms with E-state index in [1.807, 2.05) is 6.08 Å². The molecule has 1 heterocycles. The third kappa shape index (κ3) is 4.57. The zero-order valence-corrected chi connectivity index (χ0v) is 10.2. The van der Waals surface area contributed by atoms with Gasteiger partial charge in [0, 0.05) is 6.54 Å². The smallest absolute Gasteiger partial charge is 0.146 e. The van der Waals surface area contributed by atoms with E-state index in [1.165, 1.54) is 19.3 Å². The molecule has 1 aromatic heterocycles. The summed E-state index contributed by atoms with van der Waals surface area (Å²) in [7, 11) is 0. The van der Waals surface area contributed by atoms with Gasteiger partial charge in [-0.05, 0) is 32.7 Å². The number of aromatic nitrogens is 3. The number of nitrogens with zero attached hydrogens (tertiary/aromatic N) is 3. The Labute approximate surface area is 97.8 Å². The number of nitrogens with one attached hydrogen (secondary N) is 1. The second kappa shape index (κ2) is 8.05. The van der Waals surface area contributed by atoms with Crippen LogP contribution in [0.2, 0.25) is 0 Å². The third-order valence-corrected chi connectivity index (χ3v) is 2.58. The maximum Gasteiger partial charge on any atom is 0.146 e. The molecule has 1 N–H and O–H groups in total. The molecular weight excluding hydrogens is 200 g/mol. The maximum atomic E-state index is 4.07. The minimum Gasteiger partial charge on any atom is -0.317 e. The van der Waals surface area contributed by atoms with Crippen molar-refractivity contribution in [3.63, 3.8) is 0 Å². The summed E-state index contributed by atoms with van der Waals surface area (Å²) < 4.78 is 2.06. The van der Waals surface area contributed by atoms with Gasteiger partial charge in [-0.2, -0.15) is 0 Å². The van der Waals surface area contributed by atoms with Crippen LogP contribution in [0.5, 0.6) is 0 Å². The summed E-state index contributed by atoms with van der Waals surface area (Å²) >= 11 is 0. The van der Waals surface area contributed by atoms with E-state index in [4.69, 9.17) is 0 Å². The lowest BCUT2D eigenvalue weighted by molar-refractivity contribution is 0.574. The van der Waals surface area contributed by atoms with Gasteiger partial charge in [-0.1, -0.05) is 12.5 Å². The van der Waals surface area contributed by atoms with Crippen LogP contribution in [0.25, 0.3) is 0 Å². The fourth-order valence-corrected chi connectivity index (χ4v) is 1.60. The predicted octanol–water partition coefficient (Wildman–Crippen LogP) is 2.13. The van der Waals surface area contributed by atoms with Crippen LogP contribution in [0.4, 0.5) is 0 Å². The van der Waals surface area contributed by atoms with E-state index in [9.17, 15) is 0 Å². The number of rotatable bonds is 9. The second-order valence-corrected chi connectivity index (χ2v) is 3.85. The first kappa shape index (κ1) is 12.9. The van der Waals surface area contributed by atoms with Crippen molar-refractivity contribution in [2.45, 2.75) is 45.7 Å². The van der Waals surface area contributed by atoms with E-state index >= 15 is 0 Å². The SMILES string of the molecule is C=CCCCCCNCc1nncn1CC. The lowest BCUT2D eigenvalue weighted by Crippen LogP contribution is -2.18. The minimum absolute atomic E-state index is 0.815. The van der Waals surface area contributed by atoms with Gasteiger partial charge in [0.05, 0.1) is 6.54 Å². The number of hydrogen-bond donors (Lipinski definition) is 1. The maximum absolute atomic E-state index is 4.07. The Bertz CT molecular complexity index is 293. The summed E-state index contributed by atoms with van der Waals surface area (Å²) in [4.78, 5) is 0. The fourth-order valence-electron chi connectivity index (χ4n) is 1.60. The molecule has 16 heavy (non-hydrogen) atoms. The number of unbranched alkanes of at least 4 members (excludes halogenated alkanes) is 3. The number of aryl methyl sites for hydroxylation is 1. The Hall–Kier alpha value is -1.16. The Morgan fingerprint density at radius 2 is 2.31 bits per heavy atom. The zero-order chi connectivity index (χ0) is 11.6. The molecule has 0 aromatic carbocycles. The van der Waals surface area contributed by atoms with E-state index in [-0.39, 0.29) is 0 Å². The number of hydrogen-bond acceptors (Lipinski definition) is 3. The lowest BCUT2D eigenvalue weighted by Gasteiger charge is -2.05. The standard InChI is InChI=1S/C12H22N4/c1-3-5-6-7-8-9-13-10-12-15-14-11-16(12)4-2/h3,11,13H,1,4-10H2,2H3. The highest BCUT2D eigenvalue weighted by Gasteiger charge is 2.00. The van der Waals surface area contributed by atoms with Gasteiger partial charge in [-0.3, -0.25) is 0 Å². The summed E-state index contributed by atoms with van der Waals surface area (Å²) in [5.74, 6) is 1.02. The quantitative estimate of drug-likeness (QED) is 0.514. The van der Waals surface area contributed by atoms with Gasteiger partial charge < -0.3 is 9.88 Å². The van der Waals surface area contributed by atoms with Crippen LogP contribution in [0.3, 0.4) is 0 Å². The molecule has 0 saturated heterocycles. The lowest BCUT2D eigenvalue weighted by atomic mass is 10.2. The highest BCUT2D eigenvalue weighted by molar-refractivity contribution is 4.84. The van der Waals surface area contributed by atoms with Crippen LogP contribution in [-0.2, 0) is 13.1 Å². The van der Waals surface area contributed by atoms with Crippen molar-refractivity contribution >= 4 is 0 Å². The summed E-state index contributed by atoms with van der Waals surface area (Å²) in [6, 6.07) is 0. The summed E-state index contributed by atoms with van der Waals surface area (Å²) in [6.07, 6.45) is 8.62. The first-order valence-corrected chi connectivity index (χ1v) is 6.06. The second-order valence-electron chi connectivity index (χ2n) is 3.85. The first-order valence-electron chi connectivity index (χ1n) is 6.06. The molecule has 90 valence electrons. The monoisotopic (exact) mass is 222 g/mol. The van der Waals surface area contributed by atoms with Gasteiger partial charge >= 0.3 is 0 Å². The van der Waals surface area contributed by atoms with Gasteiger partial charge in [0.1, 0.15) is 12.2 Å². The van der Waals surface area contributed by atoms with Gasteiger partial charge in [0.2, 0.25) is 0 Å². The van der Waals surface area contributed by atoms with Gasteiger partial charge in [-0.25, -0.2) is 0 Å². The molecule has 0 aliphatic rings. The molecule has 0 unspecified atom stereocenters. The Balaban J connectivity index is 2.05. The van der Waals surface area contributed by atoms with Crippen LogP contribution in [0, 0.1) is 0 Å². The van der Waals surface area contributed by atoms with Crippen LogP contribution < -0.4 is 5.32 Å².